The number of unbranched alkanes of at least 4 members (excludes halogenated alkanes) is 24. The molecule has 0 aliphatic heterocycles. The van der Waals surface area contributed by atoms with Crippen LogP contribution in [-0.4, -0.2) is 30.0 Å². The van der Waals surface area contributed by atoms with Crippen molar-refractivity contribution in [2.45, 2.75) is 191 Å². The van der Waals surface area contributed by atoms with Gasteiger partial charge in [-0.2, -0.15) is 16.8 Å². The van der Waals surface area contributed by atoms with Crippen LogP contribution in [-0.2, 0) is 28.6 Å². The van der Waals surface area contributed by atoms with E-state index in [2.05, 4.69) is 13.8 Å². The molecule has 0 amide bonds. The predicted octanol–water partition coefficient (Wildman–Crippen LogP) is 14.3. The molecule has 0 aliphatic rings. The summed E-state index contributed by atoms with van der Waals surface area (Å²) in [6.07, 6.45) is 31.1. The Morgan fingerprint density at radius 3 is 0.923 bits per heavy atom. The summed E-state index contributed by atoms with van der Waals surface area (Å²) >= 11 is 12.6. The van der Waals surface area contributed by atoms with E-state index in [4.69, 9.17) is 31.6 Å². The average Bonchev–Trinajstić information content (AvgIpc) is 3.12. The van der Waals surface area contributed by atoms with E-state index >= 15 is 0 Å². The molecule has 52 heavy (non-hydrogen) atoms. The number of halogens is 2. The van der Waals surface area contributed by atoms with E-state index in [1.54, 1.807) is 12.1 Å². The third kappa shape index (κ3) is 20.0. The lowest BCUT2D eigenvalue weighted by atomic mass is 10.0. The molecular weight excluding hydrogens is 735 g/mol. The average molecular weight is 804 g/mol. The molecule has 10 heteroatoms. The summed E-state index contributed by atoms with van der Waals surface area (Å²) in [5, 5.41) is 0.0779. The third-order valence-corrected chi connectivity index (χ3v) is 13.3. The Hall–Kier alpha value is -1.16. The molecule has 0 heterocycles. The molecule has 0 bridgehead atoms. The Morgan fingerprint density at radius 1 is 0.404 bits per heavy atom. The quantitative estimate of drug-likeness (QED) is 0.0527. The van der Waals surface area contributed by atoms with Crippen molar-refractivity contribution in [2.24, 2.45) is 0 Å². The summed E-state index contributed by atoms with van der Waals surface area (Å²) in [5.74, 6) is 0. The molecule has 0 saturated heterocycles. The van der Waals surface area contributed by atoms with Crippen molar-refractivity contribution >= 4 is 43.4 Å². The van der Waals surface area contributed by atoms with Crippen molar-refractivity contribution in [2.75, 3.05) is 13.2 Å². The van der Waals surface area contributed by atoms with Crippen molar-refractivity contribution < 1.29 is 25.2 Å². The Morgan fingerprint density at radius 2 is 0.654 bits per heavy atom. The Labute approximate surface area is 328 Å². The van der Waals surface area contributed by atoms with Gasteiger partial charge in [0.25, 0.3) is 20.2 Å². The summed E-state index contributed by atoms with van der Waals surface area (Å²) in [5.41, 5.74) is 0.939. The van der Waals surface area contributed by atoms with Gasteiger partial charge >= 0.3 is 0 Å². The van der Waals surface area contributed by atoms with Crippen LogP contribution in [0.2, 0.25) is 10.0 Å². The highest BCUT2D eigenvalue weighted by atomic mass is 35.5. The van der Waals surface area contributed by atoms with Crippen LogP contribution in [0, 0.1) is 0 Å². The van der Waals surface area contributed by atoms with Crippen molar-refractivity contribution in [1.82, 2.24) is 0 Å². The highest BCUT2D eigenvalue weighted by Gasteiger charge is 2.23. The normalized spacial score (nSPS) is 12.2. The number of hydrogen-bond donors (Lipinski definition) is 0. The summed E-state index contributed by atoms with van der Waals surface area (Å²) in [7, 11) is -8.24. The second-order valence-electron chi connectivity index (χ2n) is 14.3. The van der Waals surface area contributed by atoms with Gasteiger partial charge in [-0.15, -0.1) is 0 Å². The van der Waals surface area contributed by atoms with E-state index in [1.807, 2.05) is 0 Å². The second-order valence-corrected chi connectivity index (χ2v) is 18.3. The summed E-state index contributed by atoms with van der Waals surface area (Å²) in [6.45, 7) is 4.66. The molecule has 0 aromatic heterocycles. The molecule has 0 spiro atoms. The minimum absolute atomic E-state index is 0.0389. The molecule has 298 valence electrons. The Kier molecular flexibility index (Phi) is 25.6. The van der Waals surface area contributed by atoms with Crippen LogP contribution in [0.15, 0.2) is 46.2 Å². The zero-order valence-corrected chi connectivity index (χ0v) is 35.4. The van der Waals surface area contributed by atoms with E-state index < -0.39 is 20.2 Å². The van der Waals surface area contributed by atoms with E-state index in [0.29, 0.717) is 24.0 Å². The van der Waals surface area contributed by atoms with E-state index in [9.17, 15) is 16.8 Å². The lowest BCUT2D eigenvalue weighted by Crippen LogP contribution is -2.09. The lowest BCUT2D eigenvalue weighted by Gasteiger charge is -2.12. The van der Waals surface area contributed by atoms with Gasteiger partial charge in [-0.1, -0.05) is 203 Å². The van der Waals surface area contributed by atoms with Gasteiger partial charge in [0.05, 0.1) is 23.3 Å². The van der Waals surface area contributed by atoms with Crippen molar-refractivity contribution in [3.05, 3.63) is 46.4 Å². The standard InChI is InChI=1S/C42H68Cl2O6S2/c1-3-5-7-9-11-13-15-17-19-21-23-25-27-33-49-51(45,46)41-35-37(29-31-39(41)43)38-30-32-40(44)42(36-38)52(47,48)50-34-28-26-24-22-20-18-16-14-12-10-8-6-4-2/h29-32,35-36H,3-28,33-34H2,1-2H3. The van der Waals surface area contributed by atoms with Crippen LogP contribution in [0.3, 0.4) is 0 Å². The van der Waals surface area contributed by atoms with E-state index in [1.165, 1.54) is 140 Å². The van der Waals surface area contributed by atoms with E-state index in [0.717, 1.165) is 38.5 Å². The zero-order chi connectivity index (χ0) is 37.9. The first-order valence-corrected chi connectivity index (χ1v) is 24.1. The maximum atomic E-state index is 13.1. The zero-order valence-electron chi connectivity index (χ0n) is 32.3. The van der Waals surface area contributed by atoms with Crippen LogP contribution in [0.1, 0.15) is 181 Å². The molecule has 0 saturated carbocycles. The van der Waals surface area contributed by atoms with Gasteiger partial charge in [-0.05, 0) is 48.2 Å². The predicted molar refractivity (Wildman–Crippen MR) is 220 cm³/mol. The molecule has 0 aliphatic carbocycles. The minimum atomic E-state index is -4.12. The van der Waals surface area contributed by atoms with Gasteiger partial charge in [0.2, 0.25) is 0 Å². The highest BCUT2D eigenvalue weighted by molar-refractivity contribution is 7.87. The van der Waals surface area contributed by atoms with E-state index in [-0.39, 0.29) is 33.0 Å². The second kappa shape index (κ2) is 28.3. The fraction of sp³-hybridized carbons (Fsp3) is 0.714. The molecule has 0 fully saturated rings. The van der Waals surface area contributed by atoms with Crippen molar-refractivity contribution in [3.63, 3.8) is 0 Å². The monoisotopic (exact) mass is 802 g/mol. The fourth-order valence-corrected chi connectivity index (χ4v) is 9.34. The van der Waals surface area contributed by atoms with Crippen LogP contribution in [0.5, 0.6) is 0 Å². The molecule has 0 radical (unpaired) electrons. The summed E-state index contributed by atoms with van der Waals surface area (Å²) < 4.78 is 63.1. The van der Waals surface area contributed by atoms with Crippen LogP contribution in [0.4, 0.5) is 0 Å². The minimum Gasteiger partial charge on any atom is -0.266 e. The maximum Gasteiger partial charge on any atom is 0.298 e. The SMILES string of the molecule is CCCCCCCCCCCCCCCOS(=O)(=O)c1cc(-c2ccc(Cl)c(S(=O)(=O)OCCCCCCCCCCCCCCC)c2)ccc1Cl. The number of hydrogen-bond acceptors (Lipinski definition) is 6. The molecule has 2 rings (SSSR count). The molecular formula is C42H68Cl2O6S2. The first-order valence-electron chi connectivity index (χ1n) is 20.5. The summed E-state index contributed by atoms with van der Waals surface area (Å²) in [4.78, 5) is -0.307. The van der Waals surface area contributed by atoms with Crippen molar-refractivity contribution in [1.29, 1.82) is 0 Å². The highest BCUT2D eigenvalue weighted by Crippen LogP contribution is 2.33. The first-order chi connectivity index (χ1) is 25.1. The summed E-state index contributed by atoms with van der Waals surface area (Å²) in [6, 6.07) is 9.06. The molecule has 6 nitrogen and oxygen atoms in total. The fourth-order valence-electron chi connectivity index (χ4n) is 6.45. The van der Waals surface area contributed by atoms with Crippen LogP contribution >= 0.6 is 23.2 Å². The van der Waals surface area contributed by atoms with Gasteiger partial charge in [0.1, 0.15) is 9.79 Å². The Balaban J connectivity index is 1.76. The van der Waals surface area contributed by atoms with Crippen LogP contribution in [0.25, 0.3) is 11.1 Å². The molecule has 2 aromatic rings. The van der Waals surface area contributed by atoms with Gasteiger partial charge in [0.15, 0.2) is 0 Å². The third-order valence-electron chi connectivity index (χ3n) is 9.71. The van der Waals surface area contributed by atoms with Gasteiger partial charge in [-0.3, -0.25) is 8.37 Å². The maximum absolute atomic E-state index is 13.1. The molecule has 2 aromatic carbocycles. The molecule has 0 unspecified atom stereocenters. The smallest absolute Gasteiger partial charge is 0.266 e. The first kappa shape index (κ1) is 47.0. The topological polar surface area (TPSA) is 86.7 Å². The lowest BCUT2D eigenvalue weighted by molar-refractivity contribution is 0.305. The van der Waals surface area contributed by atoms with Crippen LogP contribution < -0.4 is 0 Å². The molecule has 0 atom stereocenters. The number of rotatable bonds is 33. The largest absolute Gasteiger partial charge is 0.298 e. The van der Waals surface area contributed by atoms with Gasteiger partial charge in [0, 0.05) is 0 Å². The van der Waals surface area contributed by atoms with Gasteiger partial charge in [-0.25, -0.2) is 0 Å². The number of benzene rings is 2. The molecule has 0 N–H and O–H groups in total. The van der Waals surface area contributed by atoms with Gasteiger partial charge < -0.3 is 0 Å². The van der Waals surface area contributed by atoms with Crippen molar-refractivity contribution in [3.8, 4) is 11.1 Å². The Bertz CT molecular complexity index is 1340.